The van der Waals surface area contributed by atoms with Crippen molar-refractivity contribution in [3.8, 4) is 0 Å². The van der Waals surface area contributed by atoms with Gasteiger partial charge >= 0.3 is 0 Å². The Morgan fingerprint density at radius 1 is 1.57 bits per heavy atom. The molecule has 1 unspecified atom stereocenters. The van der Waals surface area contributed by atoms with Crippen molar-refractivity contribution < 1.29 is 4.79 Å². The lowest BCUT2D eigenvalue weighted by molar-refractivity contribution is 0.0923. The van der Waals surface area contributed by atoms with Crippen molar-refractivity contribution in [2.45, 2.75) is 45.7 Å². The Hall–Kier alpha value is -1.69. The fraction of sp³-hybridized carbons (Fsp3) is 0.533. The summed E-state index contributed by atoms with van der Waals surface area (Å²) in [6.07, 6.45) is 6.56. The number of thiazole rings is 1. The van der Waals surface area contributed by atoms with Crippen LogP contribution in [0.1, 0.15) is 41.6 Å². The molecule has 0 aromatic carbocycles. The van der Waals surface area contributed by atoms with Gasteiger partial charge < -0.3 is 9.88 Å². The van der Waals surface area contributed by atoms with Crippen molar-refractivity contribution >= 4 is 17.2 Å². The van der Waals surface area contributed by atoms with Gasteiger partial charge in [0, 0.05) is 43.2 Å². The molecule has 1 atom stereocenters. The van der Waals surface area contributed by atoms with Gasteiger partial charge in [0.15, 0.2) is 0 Å². The van der Waals surface area contributed by atoms with E-state index in [-0.39, 0.29) is 11.9 Å². The highest BCUT2D eigenvalue weighted by Gasteiger charge is 2.21. The van der Waals surface area contributed by atoms with Crippen molar-refractivity contribution in [1.29, 1.82) is 0 Å². The Balaban J connectivity index is 1.60. The lowest BCUT2D eigenvalue weighted by Crippen LogP contribution is -2.41. The van der Waals surface area contributed by atoms with Crippen LogP contribution in [0.5, 0.6) is 0 Å². The maximum absolute atomic E-state index is 12.3. The molecule has 0 bridgehead atoms. The third kappa shape index (κ3) is 3.32. The molecule has 0 radical (unpaired) electrons. The number of fused-ring (bicyclic) bond motifs is 1. The zero-order valence-corrected chi connectivity index (χ0v) is 13.2. The lowest BCUT2D eigenvalue weighted by atomic mass is 10.1. The number of aryl methyl sites for hydroxylation is 1. The van der Waals surface area contributed by atoms with Crippen LogP contribution in [0, 0.1) is 5.92 Å². The van der Waals surface area contributed by atoms with Crippen molar-refractivity contribution in [3.05, 3.63) is 34.3 Å². The van der Waals surface area contributed by atoms with E-state index in [1.54, 1.807) is 11.3 Å². The highest BCUT2D eigenvalue weighted by Crippen LogP contribution is 2.16. The van der Waals surface area contributed by atoms with E-state index in [1.165, 1.54) is 0 Å². The summed E-state index contributed by atoms with van der Waals surface area (Å²) < 4.78 is 2.11. The van der Waals surface area contributed by atoms with E-state index >= 15 is 0 Å². The summed E-state index contributed by atoms with van der Waals surface area (Å²) in [6.45, 7) is 5.11. The molecule has 2 aromatic rings. The molecule has 1 amide bonds. The van der Waals surface area contributed by atoms with Crippen LogP contribution in [0.15, 0.2) is 17.8 Å². The normalized spacial score (nSPS) is 17.8. The molecular formula is C15H20N4OS. The minimum Gasteiger partial charge on any atom is -0.346 e. The molecule has 1 aliphatic rings. The van der Waals surface area contributed by atoms with Gasteiger partial charge in [0.25, 0.3) is 5.91 Å². The SMILES string of the molecule is CC(C)Cc1nc(C(=O)NC2CCc3nccn3C2)cs1. The van der Waals surface area contributed by atoms with Crippen LogP contribution in [0.2, 0.25) is 0 Å². The minimum atomic E-state index is -0.0604. The van der Waals surface area contributed by atoms with Gasteiger partial charge in [-0.15, -0.1) is 11.3 Å². The average molecular weight is 304 g/mol. The van der Waals surface area contributed by atoms with Crippen LogP contribution in [0.4, 0.5) is 0 Å². The standard InChI is InChI=1S/C15H20N4OS/c1-10(2)7-14-18-12(9-21-14)15(20)17-11-3-4-13-16-5-6-19(13)8-11/h5-6,9-11H,3-4,7-8H2,1-2H3,(H,17,20). The number of imidazole rings is 1. The monoisotopic (exact) mass is 304 g/mol. The van der Waals surface area contributed by atoms with E-state index in [9.17, 15) is 4.79 Å². The molecule has 0 saturated heterocycles. The van der Waals surface area contributed by atoms with Crippen molar-refractivity contribution in [2.24, 2.45) is 5.92 Å². The maximum Gasteiger partial charge on any atom is 0.271 e. The number of hydrogen-bond donors (Lipinski definition) is 1. The molecule has 3 heterocycles. The summed E-state index contributed by atoms with van der Waals surface area (Å²) in [5.41, 5.74) is 0.548. The van der Waals surface area contributed by atoms with E-state index in [0.717, 1.165) is 36.6 Å². The van der Waals surface area contributed by atoms with E-state index in [4.69, 9.17) is 0 Å². The van der Waals surface area contributed by atoms with Gasteiger partial charge in [0.1, 0.15) is 11.5 Å². The van der Waals surface area contributed by atoms with Crippen LogP contribution in [0.3, 0.4) is 0 Å². The molecule has 0 aliphatic carbocycles. The van der Waals surface area contributed by atoms with Crippen LogP contribution in [-0.2, 0) is 19.4 Å². The molecule has 21 heavy (non-hydrogen) atoms. The first-order valence-corrected chi connectivity index (χ1v) is 8.25. The molecule has 112 valence electrons. The predicted molar refractivity (Wildman–Crippen MR) is 82.5 cm³/mol. The summed E-state index contributed by atoms with van der Waals surface area (Å²) >= 11 is 1.57. The summed E-state index contributed by atoms with van der Waals surface area (Å²) in [7, 11) is 0. The number of nitrogens with one attached hydrogen (secondary N) is 1. The van der Waals surface area contributed by atoms with Crippen molar-refractivity contribution in [3.63, 3.8) is 0 Å². The largest absolute Gasteiger partial charge is 0.346 e. The van der Waals surface area contributed by atoms with Crippen LogP contribution in [-0.4, -0.2) is 26.5 Å². The molecule has 0 saturated carbocycles. The molecule has 1 N–H and O–H groups in total. The van der Waals surface area contributed by atoms with Crippen LogP contribution < -0.4 is 5.32 Å². The summed E-state index contributed by atoms with van der Waals surface area (Å²) in [5.74, 6) is 1.60. The number of amides is 1. The van der Waals surface area contributed by atoms with E-state index in [0.29, 0.717) is 11.6 Å². The summed E-state index contributed by atoms with van der Waals surface area (Å²) in [6, 6.07) is 0.162. The van der Waals surface area contributed by atoms with Gasteiger partial charge in [0.05, 0.1) is 5.01 Å². The van der Waals surface area contributed by atoms with Crippen molar-refractivity contribution in [1.82, 2.24) is 19.9 Å². The van der Waals surface area contributed by atoms with E-state index < -0.39 is 0 Å². The Bertz CT molecular complexity index is 631. The maximum atomic E-state index is 12.3. The van der Waals surface area contributed by atoms with Gasteiger partial charge in [-0.05, 0) is 12.3 Å². The molecule has 2 aromatic heterocycles. The average Bonchev–Trinajstić information content (AvgIpc) is 3.06. The lowest BCUT2D eigenvalue weighted by Gasteiger charge is -2.24. The molecule has 5 nitrogen and oxygen atoms in total. The molecule has 6 heteroatoms. The highest BCUT2D eigenvalue weighted by molar-refractivity contribution is 7.09. The van der Waals surface area contributed by atoms with Gasteiger partial charge in [-0.3, -0.25) is 4.79 Å². The van der Waals surface area contributed by atoms with E-state index in [1.807, 2.05) is 17.8 Å². The quantitative estimate of drug-likeness (QED) is 0.942. The highest BCUT2D eigenvalue weighted by atomic mass is 32.1. The number of carbonyl (C=O) groups excluding carboxylic acids is 1. The number of hydrogen-bond acceptors (Lipinski definition) is 4. The number of carbonyl (C=O) groups is 1. The van der Waals surface area contributed by atoms with Crippen LogP contribution >= 0.6 is 11.3 Å². The smallest absolute Gasteiger partial charge is 0.271 e. The summed E-state index contributed by atoms with van der Waals surface area (Å²) in [5, 5.41) is 5.99. The molecule has 3 rings (SSSR count). The molecule has 0 fully saturated rings. The van der Waals surface area contributed by atoms with Gasteiger partial charge in [-0.2, -0.15) is 0 Å². The second-order valence-corrected chi connectivity index (χ2v) is 6.87. The second kappa shape index (κ2) is 5.97. The van der Waals surface area contributed by atoms with E-state index in [2.05, 4.69) is 33.7 Å². The minimum absolute atomic E-state index is 0.0604. The van der Waals surface area contributed by atoms with Crippen LogP contribution in [0.25, 0.3) is 0 Å². The topological polar surface area (TPSA) is 59.8 Å². The molecule has 0 spiro atoms. The Morgan fingerprint density at radius 2 is 2.43 bits per heavy atom. The Morgan fingerprint density at radius 3 is 3.24 bits per heavy atom. The predicted octanol–water partition coefficient (Wildman–Crippen LogP) is 2.28. The summed E-state index contributed by atoms with van der Waals surface area (Å²) in [4.78, 5) is 21.0. The first-order valence-electron chi connectivity index (χ1n) is 7.37. The molecular weight excluding hydrogens is 284 g/mol. The van der Waals surface area contributed by atoms with Gasteiger partial charge in [-0.1, -0.05) is 13.8 Å². The fourth-order valence-electron chi connectivity index (χ4n) is 2.60. The third-order valence-corrected chi connectivity index (χ3v) is 4.51. The Labute approximate surface area is 128 Å². The second-order valence-electron chi connectivity index (χ2n) is 5.93. The third-order valence-electron chi connectivity index (χ3n) is 3.64. The zero-order valence-electron chi connectivity index (χ0n) is 12.4. The Kier molecular flexibility index (Phi) is 4.05. The zero-order chi connectivity index (χ0) is 14.8. The van der Waals surface area contributed by atoms with Crippen molar-refractivity contribution in [2.75, 3.05) is 0 Å². The number of aromatic nitrogens is 3. The molecule has 1 aliphatic heterocycles. The fourth-order valence-corrected chi connectivity index (χ4v) is 3.59. The van der Waals surface area contributed by atoms with Gasteiger partial charge in [-0.25, -0.2) is 9.97 Å². The first-order chi connectivity index (χ1) is 10.1. The first kappa shape index (κ1) is 14.3. The number of nitrogens with zero attached hydrogens (tertiary/aromatic N) is 3. The number of rotatable bonds is 4. The van der Waals surface area contributed by atoms with Gasteiger partial charge in [0.2, 0.25) is 0 Å².